The Kier molecular flexibility index (Phi) is 10.2. The molecule has 2 aromatic rings. The highest BCUT2D eigenvalue weighted by Gasteiger charge is 2.44. The highest BCUT2D eigenvalue weighted by molar-refractivity contribution is 7.11. The van der Waals surface area contributed by atoms with E-state index in [1.54, 1.807) is 43.4 Å². The Morgan fingerprint density at radius 1 is 1.02 bits per heavy atom. The average molecular weight is 648 g/mol. The lowest BCUT2D eigenvalue weighted by Gasteiger charge is -2.35. The van der Waals surface area contributed by atoms with Crippen molar-refractivity contribution >= 4 is 75.9 Å². The number of nitrogens with zero attached hydrogens (tertiary/aromatic N) is 3. The summed E-state index contributed by atoms with van der Waals surface area (Å²) >= 11 is 20.7. The molecular weight excluding hydrogens is 611 g/mol. The van der Waals surface area contributed by atoms with Crippen LogP contribution in [0.2, 0.25) is 15.1 Å². The fourth-order valence-electron chi connectivity index (χ4n) is 6.58. The highest BCUT2D eigenvalue weighted by atomic mass is 35.5. The van der Waals surface area contributed by atoms with Crippen LogP contribution < -0.4 is 5.32 Å². The van der Waals surface area contributed by atoms with E-state index in [1.807, 2.05) is 11.4 Å². The van der Waals surface area contributed by atoms with Crippen molar-refractivity contribution in [3.63, 3.8) is 0 Å². The van der Waals surface area contributed by atoms with Crippen LogP contribution in [-0.2, 0) is 4.79 Å². The van der Waals surface area contributed by atoms with Gasteiger partial charge in [0.2, 0.25) is 0 Å². The number of aldehydes is 1. The van der Waals surface area contributed by atoms with Gasteiger partial charge in [-0.25, -0.2) is 4.99 Å². The van der Waals surface area contributed by atoms with E-state index in [9.17, 15) is 9.59 Å². The molecule has 1 amide bonds. The molecular formula is C32H37Cl3N4O2S. The van der Waals surface area contributed by atoms with Gasteiger partial charge in [0.15, 0.2) is 0 Å². The molecule has 3 aliphatic rings. The lowest BCUT2D eigenvalue weighted by molar-refractivity contribution is -0.104. The third-order valence-electron chi connectivity index (χ3n) is 8.73. The minimum atomic E-state index is -0.372. The maximum Gasteiger partial charge on any atom is 0.256 e. The summed E-state index contributed by atoms with van der Waals surface area (Å²) in [6.45, 7) is 8.80. The fraction of sp³-hybridized carbons (Fsp3) is 0.469. The van der Waals surface area contributed by atoms with Gasteiger partial charge in [-0.15, -0.1) is 11.3 Å². The van der Waals surface area contributed by atoms with Crippen LogP contribution in [0.1, 0.15) is 80.1 Å². The lowest BCUT2D eigenvalue weighted by atomic mass is 9.93. The summed E-state index contributed by atoms with van der Waals surface area (Å²) in [5.41, 5.74) is 3.18. The number of aliphatic imine (C=N–C) groups is 1. The summed E-state index contributed by atoms with van der Waals surface area (Å²) in [5.74, 6) is 0.750. The third kappa shape index (κ3) is 6.97. The Labute approximate surface area is 267 Å². The van der Waals surface area contributed by atoms with Crippen LogP contribution in [0.4, 0.5) is 0 Å². The van der Waals surface area contributed by atoms with Gasteiger partial charge in [-0.3, -0.25) is 14.5 Å². The van der Waals surface area contributed by atoms with Gasteiger partial charge < -0.3 is 10.2 Å². The first kappa shape index (κ1) is 31.3. The zero-order chi connectivity index (χ0) is 30.0. The number of carbonyl (C=O) groups is 2. The predicted octanol–water partition coefficient (Wildman–Crippen LogP) is 8.19. The summed E-state index contributed by atoms with van der Waals surface area (Å²) in [7, 11) is 0. The summed E-state index contributed by atoms with van der Waals surface area (Å²) in [5, 5.41) is 6.05. The highest BCUT2D eigenvalue weighted by Crippen LogP contribution is 2.39. The van der Waals surface area contributed by atoms with Crippen molar-refractivity contribution in [1.82, 2.24) is 15.1 Å². The van der Waals surface area contributed by atoms with Crippen LogP contribution >= 0.6 is 46.1 Å². The number of hydrogen-bond donors (Lipinski definition) is 1. The van der Waals surface area contributed by atoms with E-state index < -0.39 is 0 Å². The fourth-order valence-corrected chi connectivity index (χ4v) is 8.29. The maximum atomic E-state index is 13.2. The number of allylic oxidation sites excluding steroid dienone is 2. The summed E-state index contributed by atoms with van der Waals surface area (Å²) < 4.78 is 0. The number of fused-ring (bicyclic) bond motifs is 1. The van der Waals surface area contributed by atoms with Crippen LogP contribution in [0.15, 0.2) is 39.8 Å². The molecule has 1 N–H and O–H groups in total. The SMILES string of the molecule is CC(=N/C(=C(\C)N1CC2CCN(C3CCCCC3)C2C1)c1cc(Cl)cs1)NC(=O)c1cc(Cl)c(/C=C(\C)C=O)c(Cl)c1. The van der Waals surface area contributed by atoms with Gasteiger partial charge in [-0.1, -0.05) is 54.1 Å². The van der Waals surface area contributed by atoms with Crippen molar-refractivity contribution < 1.29 is 9.59 Å². The molecule has 2 saturated heterocycles. The van der Waals surface area contributed by atoms with E-state index in [-0.39, 0.29) is 16.0 Å². The Morgan fingerprint density at radius 2 is 1.74 bits per heavy atom. The number of carbonyl (C=O) groups excluding carboxylic acids is 2. The molecule has 5 rings (SSSR count). The molecule has 0 bridgehead atoms. The average Bonchev–Trinajstić information content (AvgIpc) is 3.69. The smallest absolute Gasteiger partial charge is 0.256 e. The van der Waals surface area contributed by atoms with Crippen molar-refractivity contribution in [3.8, 4) is 0 Å². The first-order valence-electron chi connectivity index (χ1n) is 14.6. The molecule has 1 aromatic carbocycles. The Morgan fingerprint density at radius 3 is 2.38 bits per heavy atom. The Hall–Kier alpha value is -2.16. The number of halogens is 3. The zero-order valence-corrected chi connectivity index (χ0v) is 27.3. The first-order chi connectivity index (χ1) is 20.1. The van der Waals surface area contributed by atoms with E-state index in [0.29, 0.717) is 39.5 Å². The van der Waals surface area contributed by atoms with E-state index in [4.69, 9.17) is 39.8 Å². The molecule has 0 spiro atoms. The van der Waals surface area contributed by atoms with Gasteiger partial charge >= 0.3 is 0 Å². The molecule has 224 valence electrons. The van der Waals surface area contributed by atoms with Crippen molar-refractivity contribution in [1.29, 1.82) is 0 Å². The minimum Gasteiger partial charge on any atom is -0.371 e. The van der Waals surface area contributed by atoms with Crippen LogP contribution in [0.3, 0.4) is 0 Å². The predicted molar refractivity (Wildman–Crippen MR) is 176 cm³/mol. The maximum absolute atomic E-state index is 13.2. The van der Waals surface area contributed by atoms with Gasteiger partial charge in [-0.2, -0.15) is 0 Å². The number of amidine groups is 1. The second kappa shape index (κ2) is 13.6. The topological polar surface area (TPSA) is 65.0 Å². The minimum absolute atomic E-state index is 0.287. The quantitative estimate of drug-likeness (QED) is 0.142. The molecule has 3 fully saturated rings. The second-order valence-electron chi connectivity index (χ2n) is 11.6. The largest absolute Gasteiger partial charge is 0.371 e. The first-order valence-corrected chi connectivity index (χ1v) is 16.6. The Bertz CT molecular complexity index is 1420. The van der Waals surface area contributed by atoms with Crippen molar-refractivity contribution in [2.24, 2.45) is 10.9 Å². The molecule has 2 aliphatic heterocycles. The monoisotopic (exact) mass is 646 g/mol. The second-order valence-corrected chi connectivity index (χ2v) is 13.8. The molecule has 6 nitrogen and oxygen atoms in total. The van der Waals surface area contributed by atoms with Crippen LogP contribution in [0.5, 0.6) is 0 Å². The number of hydrogen-bond acceptors (Lipinski definition) is 6. The van der Waals surface area contributed by atoms with Crippen molar-refractivity contribution in [2.75, 3.05) is 19.6 Å². The summed E-state index contributed by atoms with van der Waals surface area (Å²) in [6, 6.07) is 6.33. The lowest BCUT2D eigenvalue weighted by Crippen LogP contribution is -2.43. The molecule has 42 heavy (non-hydrogen) atoms. The van der Waals surface area contributed by atoms with Gasteiger partial charge in [0.05, 0.1) is 19.9 Å². The van der Waals surface area contributed by atoms with E-state index in [2.05, 4.69) is 22.0 Å². The number of rotatable bonds is 7. The molecule has 0 radical (unpaired) electrons. The number of nitrogens with one attached hydrogen (secondary N) is 1. The van der Waals surface area contributed by atoms with Crippen molar-refractivity contribution in [2.45, 2.75) is 71.4 Å². The van der Waals surface area contributed by atoms with Crippen LogP contribution in [0, 0.1) is 5.92 Å². The molecule has 3 heterocycles. The van der Waals surface area contributed by atoms with Crippen molar-refractivity contribution in [3.05, 3.63) is 65.9 Å². The van der Waals surface area contributed by atoms with Crippen LogP contribution in [-0.4, -0.2) is 59.5 Å². The van der Waals surface area contributed by atoms with Gasteiger partial charge in [0.25, 0.3) is 5.91 Å². The normalized spacial score (nSPS) is 22.8. The van der Waals surface area contributed by atoms with E-state index in [0.717, 1.165) is 41.7 Å². The summed E-state index contributed by atoms with van der Waals surface area (Å²) in [4.78, 5) is 35.4. The standard InChI is InChI=1S/C32H37Cl3N4O2S/c1-19(17-40)11-26-27(34)12-23(13-28(26)35)32(41)37-21(3)36-31(30-14-24(33)18-42-30)20(2)38-15-22-9-10-39(29(22)16-38)25-7-5-4-6-8-25/h11-14,17-18,22,25,29H,4-10,15-16H2,1-3H3,(H,36,37,41)/b19-11+,31-20+. The molecule has 10 heteroatoms. The van der Waals surface area contributed by atoms with E-state index >= 15 is 0 Å². The number of amides is 1. The van der Waals surface area contributed by atoms with Crippen LogP contribution in [0.25, 0.3) is 11.8 Å². The molecule has 2 atom stereocenters. The Balaban J connectivity index is 1.37. The number of thiophene rings is 1. The number of benzene rings is 1. The summed E-state index contributed by atoms with van der Waals surface area (Å²) in [6.07, 6.45) is 10.3. The van der Waals surface area contributed by atoms with Gasteiger partial charge in [0, 0.05) is 47.4 Å². The molecule has 2 unspecified atom stereocenters. The molecule has 1 aromatic heterocycles. The van der Waals surface area contributed by atoms with Gasteiger partial charge in [0.1, 0.15) is 17.8 Å². The van der Waals surface area contributed by atoms with Gasteiger partial charge in [-0.05, 0) is 82.3 Å². The van der Waals surface area contributed by atoms with E-state index in [1.165, 1.54) is 45.1 Å². The molecule has 1 saturated carbocycles. The molecule has 1 aliphatic carbocycles. The zero-order valence-electron chi connectivity index (χ0n) is 24.3. The number of likely N-dealkylation sites (tertiary alicyclic amines) is 2. The third-order valence-corrected chi connectivity index (χ3v) is 10.6.